The van der Waals surface area contributed by atoms with Gasteiger partial charge in [0.25, 0.3) is 0 Å². The predicted octanol–water partition coefficient (Wildman–Crippen LogP) is 6.98. The highest BCUT2D eigenvalue weighted by Gasteiger charge is 2.36. The van der Waals surface area contributed by atoms with Gasteiger partial charge in [0, 0.05) is 16.8 Å². The van der Waals surface area contributed by atoms with Crippen LogP contribution in [0.2, 0.25) is 0 Å². The smallest absolute Gasteiger partial charge is 0.193 e. The number of thiocarbonyl (C=S) groups is 1. The van der Waals surface area contributed by atoms with Crippen LogP contribution in [0, 0.1) is 0 Å². The van der Waals surface area contributed by atoms with Crippen LogP contribution in [0.3, 0.4) is 0 Å². The quantitative estimate of drug-likeness (QED) is 0.291. The molecule has 1 aliphatic rings. The molecule has 1 saturated carbocycles. The van der Waals surface area contributed by atoms with Gasteiger partial charge >= 0.3 is 0 Å². The van der Waals surface area contributed by atoms with Crippen LogP contribution in [0.25, 0.3) is 0 Å². The van der Waals surface area contributed by atoms with Crippen LogP contribution in [0.15, 0.2) is 72.8 Å². The van der Waals surface area contributed by atoms with Crippen molar-refractivity contribution in [2.75, 3.05) is 12.4 Å². The molecule has 0 spiro atoms. The summed E-state index contributed by atoms with van der Waals surface area (Å²) in [6.07, 6.45) is 4.34. The Morgan fingerprint density at radius 1 is 0.914 bits per heavy atom. The van der Waals surface area contributed by atoms with Gasteiger partial charge in [-0.15, -0.1) is 0 Å². The van der Waals surface area contributed by atoms with E-state index in [9.17, 15) is 4.79 Å². The molecule has 0 unspecified atom stereocenters. The zero-order valence-electron chi connectivity index (χ0n) is 21.0. The van der Waals surface area contributed by atoms with Crippen molar-refractivity contribution in [3.63, 3.8) is 0 Å². The zero-order valence-corrected chi connectivity index (χ0v) is 21.8. The van der Waals surface area contributed by atoms with E-state index in [4.69, 9.17) is 17.0 Å². The SMILES string of the molecule is COc1ccc(C2(NC(=S)Nc3cccc(C(=O)c4ccc(C(C)(C)C)cc4)c3)CCCC2)cc1. The molecule has 4 nitrogen and oxygen atoms in total. The average molecular weight is 487 g/mol. The van der Waals surface area contributed by atoms with E-state index in [2.05, 4.69) is 43.5 Å². The summed E-state index contributed by atoms with van der Waals surface area (Å²) in [5.74, 6) is 0.843. The fraction of sp³-hybridized carbons (Fsp3) is 0.333. The Bertz CT molecular complexity index is 1190. The Kier molecular flexibility index (Phi) is 7.27. The minimum atomic E-state index is -0.196. The van der Waals surface area contributed by atoms with E-state index in [1.807, 2.05) is 60.7 Å². The molecule has 35 heavy (non-hydrogen) atoms. The third-order valence-electron chi connectivity index (χ3n) is 6.85. The van der Waals surface area contributed by atoms with Crippen molar-refractivity contribution < 1.29 is 9.53 Å². The molecule has 0 aromatic heterocycles. The number of ketones is 1. The maximum atomic E-state index is 13.1. The van der Waals surface area contributed by atoms with Gasteiger partial charge in [-0.25, -0.2) is 0 Å². The zero-order chi connectivity index (χ0) is 25.1. The van der Waals surface area contributed by atoms with Gasteiger partial charge in [0.1, 0.15) is 5.75 Å². The fourth-order valence-electron chi connectivity index (χ4n) is 4.78. The molecule has 1 fully saturated rings. The second-order valence-corrected chi connectivity index (χ2v) is 10.7. The molecular formula is C30H34N2O2S. The maximum Gasteiger partial charge on any atom is 0.193 e. The Labute approximate surface area is 214 Å². The maximum absolute atomic E-state index is 13.1. The largest absolute Gasteiger partial charge is 0.497 e. The summed E-state index contributed by atoms with van der Waals surface area (Å²) in [7, 11) is 1.68. The first-order valence-electron chi connectivity index (χ1n) is 12.2. The molecule has 182 valence electrons. The Morgan fingerprint density at radius 3 is 2.17 bits per heavy atom. The average Bonchev–Trinajstić information content (AvgIpc) is 3.32. The number of methoxy groups -OCH3 is 1. The van der Waals surface area contributed by atoms with Crippen molar-refractivity contribution >= 4 is 28.8 Å². The monoisotopic (exact) mass is 486 g/mol. The molecule has 3 aromatic rings. The number of benzene rings is 3. The molecule has 5 heteroatoms. The third-order valence-corrected chi connectivity index (χ3v) is 7.05. The van der Waals surface area contributed by atoms with Crippen LogP contribution in [0.5, 0.6) is 5.75 Å². The summed E-state index contributed by atoms with van der Waals surface area (Å²) in [5, 5.41) is 7.45. The first-order valence-corrected chi connectivity index (χ1v) is 12.6. The van der Waals surface area contributed by atoms with Crippen LogP contribution in [0.1, 0.15) is 73.5 Å². The lowest BCUT2D eigenvalue weighted by molar-refractivity contribution is 0.103. The number of nitrogens with one attached hydrogen (secondary N) is 2. The highest BCUT2D eigenvalue weighted by molar-refractivity contribution is 7.80. The molecule has 0 amide bonds. The normalized spacial score (nSPS) is 14.9. The summed E-state index contributed by atoms with van der Waals surface area (Å²) in [5.41, 5.74) is 4.38. The highest BCUT2D eigenvalue weighted by Crippen LogP contribution is 2.39. The van der Waals surface area contributed by atoms with Gasteiger partial charge in [-0.05, 0) is 65.9 Å². The van der Waals surface area contributed by atoms with E-state index < -0.39 is 0 Å². The number of ether oxygens (including phenoxy) is 1. The minimum absolute atomic E-state index is 0.00140. The van der Waals surface area contributed by atoms with E-state index in [-0.39, 0.29) is 16.7 Å². The molecule has 0 radical (unpaired) electrons. The molecule has 0 aliphatic heterocycles. The number of carbonyl (C=O) groups excluding carboxylic acids is 1. The summed E-state index contributed by atoms with van der Waals surface area (Å²) in [6.45, 7) is 6.50. The molecule has 0 bridgehead atoms. The number of anilines is 1. The molecule has 0 saturated heterocycles. The molecule has 0 heterocycles. The Morgan fingerprint density at radius 2 is 1.57 bits per heavy atom. The number of hydrogen-bond acceptors (Lipinski definition) is 3. The van der Waals surface area contributed by atoms with Crippen LogP contribution >= 0.6 is 12.2 Å². The number of carbonyl (C=O) groups is 1. The number of hydrogen-bond donors (Lipinski definition) is 2. The van der Waals surface area contributed by atoms with Crippen molar-refractivity contribution in [3.8, 4) is 5.75 Å². The van der Waals surface area contributed by atoms with E-state index >= 15 is 0 Å². The molecule has 4 rings (SSSR count). The van der Waals surface area contributed by atoms with Gasteiger partial charge in [0.15, 0.2) is 10.9 Å². The van der Waals surface area contributed by atoms with Gasteiger partial charge in [-0.2, -0.15) is 0 Å². The summed E-state index contributed by atoms with van der Waals surface area (Å²) in [6, 6.07) is 23.6. The second kappa shape index (κ2) is 10.2. The van der Waals surface area contributed by atoms with Gasteiger partial charge in [0.05, 0.1) is 12.6 Å². The summed E-state index contributed by atoms with van der Waals surface area (Å²) >= 11 is 5.71. The van der Waals surface area contributed by atoms with E-state index in [0.29, 0.717) is 16.2 Å². The van der Waals surface area contributed by atoms with Crippen LogP contribution in [-0.2, 0) is 11.0 Å². The van der Waals surface area contributed by atoms with E-state index in [0.717, 1.165) is 37.1 Å². The van der Waals surface area contributed by atoms with Crippen LogP contribution in [-0.4, -0.2) is 18.0 Å². The highest BCUT2D eigenvalue weighted by atomic mass is 32.1. The molecule has 3 aromatic carbocycles. The van der Waals surface area contributed by atoms with E-state index in [1.54, 1.807) is 7.11 Å². The Hall–Kier alpha value is -3.18. The van der Waals surface area contributed by atoms with Gasteiger partial charge in [-0.1, -0.05) is 82.1 Å². The van der Waals surface area contributed by atoms with Crippen molar-refractivity contribution in [3.05, 3.63) is 95.1 Å². The first kappa shape index (κ1) is 24.9. The molecular weight excluding hydrogens is 452 g/mol. The topological polar surface area (TPSA) is 50.4 Å². The van der Waals surface area contributed by atoms with Gasteiger partial charge in [-0.3, -0.25) is 4.79 Å². The van der Waals surface area contributed by atoms with Crippen molar-refractivity contribution in [2.45, 2.75) is 57.4 Å². The van der Waals surface area contributed by atoms with Gasteiger partial charge < -0.3 is 15.4 Å². The predicted molar refractivity (Wildman–Crippen MR) is 148 cm³/mol. The first-order chi connectivity index (χ1) is 16.7. The Balaban J connectivity index is 1.47. The van der Waals surface area contributed by atoms with Crippen molar-refractivity contribution in [2.24, 2.45) is 0 Å². The van der Waals surface area contributed by atoms with Crippen molar-refractivity contribution in [1.29, 1.82) is 0 Å². The van der Waals surface area contributed by atoms with Crippen LogP contribution < -0.4 is 15.4 Å². The third kappa shape index (κ3) is 5.73. The standard InChI is InChI=1S/C30H34N2O2S/c1-29(2,3)23-12-10-21(11-13-23)27(33)22-8-7-9-25(20-22)31-28(35)32-30(18-5-6-19-30)24-14-16-26(34-4)17-15-24/h7-17,20H,5-6,18-19H2,1-4H3,(H2,31,32,35). The lowest BCUT2D eigenvalue weighted by Crippen LogP contribution is -2.45. The van der Waals surface area contributed by atoms with Crippen molar-refractivity contribution in [1.82, 2.24) is 5.32 Å². The number of rotatable bonds is 6. The molecule has 0 atom stereocenters. The lowest BCUT2D eigenvalue weighted by atomic mass is 9.86. The van der Waals surface area contributed by atoms with Gasteiger partial charge in [0.2, 0.25) is 0 Å². The molecule has 1 aliphatic carbocycles. The summed E-state index contributed by atoms with van der Waals surface area (Å²) < 4.78 is 5.32. The summed E-state index contributed by atoms with van der Waals surface area (Å²) in [4.78, 5) is 13.1. The fourth-order valence-corrected chi connectivity index (χ4v) is 5.09. The minimum Gasteiger partial charge on any atom is -0.497 e. The van der Waals surface area contributed by atoms with E-state index in [1.165, 1.54) is 11.1 Å². The second-order valence-electron chi connectivity index (χ2n) is 10.3. The lowest BCUT2D eigenvalue weighted by Gasteiger charge is -2.32. The van der Waals surface area contributed by atoms with Crippen LogP contribution in [0.4, 0.5) is 5.69 Å². The molecule has 2 N–H and O–H groups in total.